The molecule has 21 heavy (non-hydrogen) atoms. The molecule has 0 bridgehead atoms. The predicted molar refractivity (Wildman–Crippen MR) is 71.9 cm³/mol. The number of nitrogens with zero attached hydrogens (tertiary/aromatic N) is 1. The van der Waals surface area contributed by atoms with Crippen LogP contribution in [0.25, 0.3) is 0 Å². The first-order valence-electron chi connectivity index (χ1n) is 6.51. The minimum absolute atomic E-state index is 0.0626. The third kappa shape index (κ3) is 4.03. The Bertz CT molecular complexity index is 527. The van der Waals surface area contributed by atoms with Crippen LogP contribution in [0.3, 0.4) is 0 Å². The smallest absolute Gasteiger partial charge is 0.387 e. The molecule has 2 rings (SSSR count). The molecule has 1 fully saturated rings. The quantitative estimate of drug-likeness (QED) is 0.752. The van der Waals surface area contributed by atoms with Gasteiger partial charge in [-0.05, 0) is 18.4 Å². The first-order chi connectivity index (χ1) is 9.92. The van der Waals surface area contributed by atoms with Gasteiger partial charge in [-0.25, -0.2) is 4.39 Å². The molecule has 0 radical (unpaired) electrons. The van der Waals surface area contributed by atoms with Gasteiger partial charge in [0.05, 0.1) is 0 Å². The van der Waals surface area contributed by atoms with Gasteiger partial charge < -0.3 is 9.64 Å². The zero-order valence-electron chi connectivity index (χ0n) is 11.4. The van der Waals surface area contributed by atoms with Crippen molar-refractivity contribution < 1.29 is 22.7 Å². The van der Waals surface area contributed by atoms with E-state index in [1.54, 1.807) is 0 Å². The topological polar surface area (TPSA) is 29.5 Å². The number of halogens is 4. The summed E-state index contributed by atoms with van der Waals surface area (Å²) in [5, 5.41) is 0. The number of rotatable bonds is 6. The van der Waals surface area contributed by atoms with E-state index in [9.17, 15) is 18.0 Å². The number of alkyl halides is 3. The summed E-state index contributed by atoms with van der Waals surface area (Å²) < 4.78 is 42.2. The molecule has 1 saturated carbocycles. The van der Waals surface area contributed by atoms with E-state index in [0.29, 0.717) is 5.92 Å². The predicted octanol–water partition coefficient (Wildman–Crippen LogP) is 3.40. The maximum absolute atomic E-state index is 13.9. The lowest BCUT2D eigenvalue weighted by atomic mass is 10.2. The molecule has 0 N–H and O–H groups in total. The number of amides is 1. The Labute approximate surface area is 125 Å². The fourth-order valence-electron chi connectivity index (χ4n) is 2.22. The number of carbonyl (C=O) groups excluding carboxylic acids is 1. The lowest BCUT2D eigenvalue weighted by Crippen LogP contribution is -2.34. The van der Waals surface area contributed by atoms with Gasteiger partial charge in [0.1, 0.15) is 17.4 Å². The monoisotopic (exact) mass is 321 g/mol. The molecular weight excluding hydrogens is 307 g/mol. The van der Waals surface area contributed by atoms with Crippen LogP contribution in [0.4, 0.5) is 13.2 Å². The van der Waals surface area contributed by atoms with Gasteiger partial charge in [0.25, 0.3) is 0 Å². The summed E-state index contributed by atoms with van der Waals surface area (Å²) in [4.78, 5) is 13.3. The Hall–Kier alpha value is -1.43. The lowest BCUT2D eigenvalue weighted by Gasteiger charge is -2.22. The van der Waals surface area contributed by atoms with Crippen molar-refractivity contribution in [3.05, 3.63) is 29.6 Å². The van der Waals surface area contributed by atoms with E-state index in [0.717, 1.165) is 12.5 Å². The minimum atomic E-state index is -3.00. The molecule has 1 aromatic carbocycles. The number of benzene rings is 1. The van der Waals surface area contributed by atoms with Gasteiger partial charge in [0.15, 0.2) is 0 Å². The van der Waals surface area contributed by atoms with Crippen molar-refractivity contribution in [3.63, 3.8) is 0 Å². The molecule has 0 aromatic heterocycles. The van der Waals surface area contributed by atoms with Crippen molar-refractivity contribution in [3.8, 4) is 5.75 Å². The molecule has 1 aliphatic carbocycles. The Balaban J connectivity index is 2.11. The average molecular weight is 322 g/mol. The van der Waals surface area contributed by atoms with Crippen LogP contribution < -0.4 is 4.74 Å². The van der Waals surface area contributed by atoms with E-state index in [-0.39, 0.29) is 35.7 Å². The van der Waals surface area contributed by atoms with Crippen molar-refractivity contribution in [2.24, 2.45) is 5.92 Å². The molecule has 1 amide bonds. The molecule has 1 aliphatic rings. The lowest BCUT2D eigenvalue weighted by molar-refractivity contribution is -0.129. The van der Waals surface area contributed by atoms with Gasteiger partial charge in [0.2, 0.25) is 5.91 Å². The van der Waals surface area contributed by atoms with Crippen molar-refractivity contribution in [2.45, 2.75) is 32.5 Å². The van der Waals surface area contributed by atoms with Crippen LogP contribution in [0.2, 0.25) is 0 Å². The van der Waals surface area contributed by atoms with Crippen molar-refractivity contribution >= 4 is 17.5 Å². The summed E-state index contributed by atoms with van der Waals surface area (Å²) in [6.07, 6.45) is 0.858. The van der Waals surface area contributed by atoms with Crippen LogP contribution in [-0.4, -0.2) is 29.3 Å². The Kier molecular flexibility index (Phi) is 4.98. The fourth-order valence-corrected chi connectivity index (χ4v) is 2.37. The highest BCUT2D eigenvalue weighted by Gasteiger charge is 2.40. The highest BCUT2D eigenvalue weighted by atomic mass is 35.5. The molecule has 0 saturated heterocycles. The van der Waals surface area contributed by atoms with Crippen molar-refractivity contribution in [1.82, 2.24) is 4.90 Å². The molecule has 3 nitrogen and oxygen atoms in total. The zero-order valence-corrected chi connectivity index (χ0v) is 12.1. The number of hydrogen-bond acceptors (Lipinski definition) is 2. The normalized spacial score (nSPS) is 20.5. The van der Waals surface area contributed by atoms with E-state index < -0.39 is 12.4 Å². The number of ether oxygens (including phenoxy) is 1. The van der Waals surface area contributed by atoms with Crippen LogP contribution in [0.1, 0.15) is 18.9 Å². The zero-order chi connectivity index (χ0) is 15.6. The van der Waals surface area contributed by atoms with Crippen LogP contribution in [-0.2, 0) is 11.3 Å². The molecule has 2 atom stereocenters. The van der Waals surface area contributed by atoms with Crippen LogP contribution in [0, 0.1) is 11.7 Å². The second-order valence-corrected chi connectivity index (χ2v) is 5.33. The second-order valence-electron chi connectivity index (χ2n) is 5.07. The van der Waals surface area contributed by atoms with Gasteiger partial charge in [-0.2, -0.15) is 8.78 Å². The summed E-state index contributed by atoms with van der Waals surface area (Å²) in [6, 6.07) is 3.55. The first-order valence-corrected chi connectivity index (χ1v) is 7.04. The number of hydrogen-bond donors (Lipinski definition) is 0. The van der Waals surface area contributed by atoms with E-state index in [1.807, 2.05) is 6.92 Å². The summed E-state index contributed by atoms with van der Waals surface area (Å²) in [7, 11) is 0. The van der Waals surface area contributed by atoms with Crippen LogP contribution in [0.5, 0.6) is 5.75 Å². The maximum atomic E-state index is 13.9. The number of carbonyl (C=O) groups is 1. The maximum Gasteiger partial charge on any atom is 0.387 e. The fraction of sp³-hybridized carbons (Fsp3) is 0.500. The van der Waals surface area contributed by atoms with E-state index in [1.165, 1.54) is 17.0 Å². The SMILES string of the molecule is C[C@@H]1C[C@H]1N(Cc1ccc(OC(F)F)cc1F)C(=O)CCl. The highest BCUT2D eigenvalue weighted by molar-refractivity contribution is 6.27. The second kappa shape index (κ2) is 6.56. The summed E-state index contributed by atoms with van der Waals surface area (Å²) in [5.74, 6) is -1.01. The van der Waals surface area contributed by atoms with Crippen LogP contribution in [0.15, 0.2) is 18.2 Å². The van der Waals surface area contributed by atoms with Crippen molar-refractivity contribution in [2.75, 3.05) is 5.88 Å². The molecule has 0 unspecified atom stereocenters. The molecule has 0 heterocycles. The molecular formula is C14H15ClF3NO2. The van der Waals surface area contributed by atoms with E-state index in [2.05, 4.69) is 4.74 Å². The van der Waals surface area contributed by atoms with Crippen molar-refractivity contribution in [1.29, 1.82) is 0 Å². The largest absolute Gasteiger partial charge is 0.435 e. The van der Waals surface area contributed by atoms with E-state index in [4.69, 9.17) is 11.6 Å². The standard InChI is InChI=1S/C14H15ClF3NO2/c1-8-4-12(8)19(13(20)6-15)7-9-2-3-10(5-11(9)16)21-14(17)18/h2-3,5,8,12,14H,4,6-7H2,1H3/t8-,12-/m1/s1. The Morgan fingerprint density at radius 1 is 1.52 bits per heavy atom. The summed E-state index contributed by atoms with van der Waals surface area (Å²) in [5.41, 5.74) is 0.245. The van der Waals surface area contributed by atoms with E-state index >= 15 is 0 Å². The van der Waals surface area contributed by atoms with Gasteiger partial charge in [-0.3, -0.25) is 4.79 Å². The van der Waals surface area contributed by atoms with Gasteiger partial charge in [-0.1, -0.05) is 13.0 Å². The average Bonchev–Trinajstić information content (AvgIpc) is 3.13. The first kappa shape index (κ1) is 15.9. The third-order valence-corrected chi connectivity index (χ3v) is 3.72. The summed E-state index contributed by atoms with van der Waals surface area (Å²) in [6.45, 7) is -0.937. The molecule has 1 aromatic rings. The van der Waals surface area contributed by atoms with Gasteiger partial charge in [0, 0.05) is 24.2 Å². The Morgan fingerprint density at radius 2 is 2.19 bits per heavy atom. The molecule has 7 heteroatoms. The van der Waals surface area contributed by atoms with Gasteiger partial charge >= 0.3 is 6.61 Å². The summed E-state index contributed by atoms with van der Waals surface area (Å²) >= 11 is 5.57. The van der Waals surface area contributed by atoms with Gasteiger partial charge in [-0.15, -0.1) is 11.6 Å². The molecule has 0 aliphatic heterocycles. The highest BCUT2D eigenvalue weighted by Crippen LogP contribution is 2.36. The molecule has 0 spiro atoms. The van der Waals surface area contributed by atoms with Crippen LogP contribution >= 0.6 is 11.6 Å². The minimum Gasteiger partial charge on any atom is -0.435 e. The Morgan fingerprint density at radius 3 is 2.67 bits per heavy atom. The molecule has 116 valence electrons. The third-order valence-electron chi connectivity index (χ3n) is 3.49.